The highest BCUT2D eigenvalue weighted by molar-refractivity contribution is 6.09. The van der Waals surface area contributed by atoms with Crippen LogP contribution in [0.2, 0.25) is 0 Å². The normalized spacial score (nSPS) is 16.9. The van der Waals surface area contributed by atoms with Gasteiger partial charge in [-0.05, 0) is 43.9 Å². The van der Waals surface area contributed by atoms with Crippen molar-refractivity contribution < 1.29 is 9.59 Å². The van der Waals surface area contributed by atoms with Crippen LogP contribution in [0.3, 0.4) is 0 Å². The number of carbonyl (C=O) groups is 2. The number of hydrogen-bond acceptors (Lipinski definition) is 3. The maximum Gasteiger partial charge on any atom is 0.270 e. The zero-order valence-corrected chi connectivity index (χ0v) is 21.9. The van der Waals surface area contributed by atoms with E-state index in [1.807, 2.05) is 82.4 Å². The summed E-state index contributed by atoms with van der Waals surface area (Å²) in [5.41, 5.74) is 4.60. The van der Waals surface area contributed by atoms with E-state index < -0.39 is 0 Å². The summed E-state index contributed by atoms with van der Waals surface area (Å²) in [5.74, 6) is 0.395. The second kappa shape index (κ2) is 10.4. The number of pyridine rings is 1. The van der Waals surface area contributed by atoms with Crippen LogP contribution in [0.25, 0.3) is 22.2 Å². The van der Waals surface area contributed by atoms with Crippen LogP contribution in [0, 0.1) is 5.92 Å². The van der Waals surface area contributed by atoms with Crippen molar-refractivity contribution in [2.24, 2.45) is 5.92 Å². The number of benzene rings is 2. The lowest BCUT2D eigenvalue weighted by Gasteiger charge is -2.31. The lowest BCUT2D eigenvalue weighted by Crippen LogP contribution is -2.41. The second-order valence-electron chi connectivity index (χ2n) is 10.7. The summed E-state index contributed by atoms with van der Waals surface area (Å²) in [6, 6.07) is 21.7. The molecule has 4 aromatic rings. The zero-order valence-electron chi connectivity index (χ0n) is 21.9. The van der Waals surface area contributed by atoms with Crippen molar-refractivity contribution >= 4 is 22.7 Å². The minimum absolute atomic E-state index is 0.0182. The molecule has 6 nitrogen and oxygen atoms in total. The van der Waals surface area contributed by atoms with Crippen LogP contribution in [-0.2, 0) is 13.1 Å². The van der Waals surface area contributed by atoms with Gasteiger partial charge in [-0.25, -0.2) is 4.98 Å². The molecule has 0 radical (unpaired) electrons. The van der Waals surface area contributed by atoms with Gasteiger partial charge in [0.15, 0.2) is 0 Å². The molecule has 3 heterocycles. The Morgan fingerprint density at radius 3 is 2.55 bits per heavy atom. The lowest BCUT2D eigenvalue weighted by atomic mass is 9.84. The molecule has 0 saturated heterocycles. The average molecular weight is 507 g/mol. The monoisotopic (exact) mass is 506 g/mol. The first-order chi connectivity index (χ1) is 18.6. The first kappa shape index (κ1) is 24.4. The fraction of sp³-hybridized carbons (Fsp3) is 0.344. The van der Waals surface area contributed by atoms with E-state index in [0.29, 0.717) is 30.3 Å². The van der Waals surface area contributed by atoms with Crippen LogP contribution in [0.5, 0.6) is 0 Å². The highest BCUT2D eigenvalue weighted by Gasteiger charge is 2.30. The molecular formula is C32H34N4O2. The van der Waals surface area contributed by atoms with Gasteiger partial charge in [-0.15, -0.1) is 0 Å². The fourth-order valence-corrected chi connectivity index (χ4v) is 6.17. The quantitative estimate of drug-likeness (QED) is 0.346. The minimum Gasteiger partial charge on any atom is -0.349 e. The van der Waals surface area contributed by atoms with Gasteiger partial charge < -0.3 is 14.8 Å². The largest absolute Gasteiger partial charge is 0.349 e. The van der Waals surface area contributed by atoms with E-state index in [9.17, 15) is 9.59 Å². The minimum atomic E-state index is -0.0818. The van der Waals surface area contributed by atoms with Gasteiger partial charge in [-0.3, -0.25) is 9.59 Å². The number of fused-ring (bicyclic) bond motifs is 2. The molecule has 2 aromatic carbocycles. The van der Waals surface area contributed by atoms with Crippen molar-refractivity contribution in [2.45, 2.75) is 58.2 Å². The Labute approximate surface area is 223 Å². The molecule has 2 aliphatic rings. The Bertz CT molecular complexity index is 1470. The lowest BCUT2D eigenvalue weighted by molar-refractivity contribution is 0.0688. The van der Waals surface area contributed by atoms with Crippen molar-refractivity contribution in [1.82, 2.24) is 19.8 Å². The molecule has 6 rings (SSSR count). The van der Waals surface area contributed by atoms with Gasteiger partial charge in [-0.2, -0.15) is 0 Å². The summed E-state index contributed by atoms with van der Waals surface area (Å²) in [4.78, 5) is 34.5. The predicted octanol–water partition coefficient (Wildman–Crippen LogP) is 6.06. The summed E-state index contributed by atoms with van der Waals surface area (Å²) < 4.78 is 2.00. The molecule has 6 heteroatoms. The molecule has 0 bridgehead atoms. The number of amides is 2. The fourth-order valence-electron chi connectivity index (χ4n) is 6.17. The average Bonchev–Trinajstić information content (AvgIpc) is 3.45. The van der Waals surface area contributed by atoms with Crippen molar-refractivity contribution in [3.63, 3.8) is 0 Å². The van der Waals surface area contributed by atoms with Crippen molar-refractivity contribution in [1.29, 1.82) is 0 Å². The maximum atomic E-state index is 14.1. The predicted molar refractivity (Wildman–Crippen MR) is 150 cm³/mol. The number of aromatic nitrogens is 2. The van der Waals surface area contributed by atoms with Crippen LogP contribution in [-0.4, -0.2) is 38.9 Å². The van der Waals surface area contributed by atoms with Gasteiger partial charge in [-0.1, -0.05) is 67.8 Å². The number of rotatable bonds is 6. The molecular weight excluding hydrogens is 472 g/mol. The maximum absolute atomic E-state index is 14.1. The van der Waals surface area contributed by atoms with Gasteiger partial charge in [0.05, 0.1) is 16.8 Å². The number of carbonyl (C=O) groups excluding carboxylic acids is 2. The molecule has 38 heavy (non-hydrogen) atoms. The third-order valence-electron chi connectivity index (χ3n) is 8.28. The Hall–Kier alpha value is -3.93. The summed E-state index contributed by atoms with van der Waals surface area (Å²) in [7, 11) is 0. The van der Waals surface area contributed by atoms with Gasteiger partial charge in [0, 0.05) is 48.4 Å². The highest BCUT2D eigenvalue weighted by atomic mass is 16.2. The van der Waals surface area contributed by atoms with Crippen molar-refractivity contribution in [2.75, 3.05) is 6.54 Å². The highest BCUT2D eigenvalue weighted by Crippen LogP contribution is 2.33. The van der Waals surface area contributed by atoms with Gasteiger partial charge in [0.2, 0.25) is 0 Å². The zero-order chi connectivity index (χ0) is 26.1. The molecule has 0 spiro atoms. The van der Waals surface area contributed by atoms with E-state index in [4.69, 9.17) is 4.98 Å². The molecule has 194 valence electrons. The van der Waals surface area contributed by atoms with Gasteiger partial charge in [0.1, 0.15) is 5.69 Å². The topological polar surface area (TPSA) is 67.2 Å². The first-order valence-corrected chi connectivity index (χ1v) is 13.8. The summed E-state index contributed by atoms with van der Waals surface area (Å²) in [6.07, 6.45) is 7.99. The van der Waals surface area contributed by atoms with Crippen molar-refractivity contribution in [3.05, 3.63) is 89.7 Å². The van der Waals surface area contributed by atoms with E-state index in [1.165, 1.54) is 19.3 Å². The van der Waals surface area contributed by atoms with E-state index in [-0.39, 0.29) is 17.9 Å². The Morgan fingerprint density at radius 1 is 0.974 bits per heavy atom. The number of hydrogen-bond donors (Lipinski definition) is 1. The number of nitrogens with one attached hydrogen (secondary N) is 1. The molecule has 1 aliphatic heterocycles. The molecule has 1 saturated carbocycles. The summed E-state index contributed by atoms with van der Waals surface area (Å²) in [5, 5.41) is 4.19. The second-order valence-corrected chi connectivity index (χ2v) is 10.7. The summed E-state index contributed by atoms with van der Waals surface area (Å²) >= 11 is 0. The molecule has 1 fully saturated rings. The molecule has 1 N–H and O–H groups in total. The smallest absolute Gasteiger partial charge is 0.270 e. The van der Waals surface area contributed by atoms with Gasteiger partial charge in [0.25, 0.3) is 11.8 Å². The molecule has 1 aliphatic carbocycles. The van der Waals surface area contributed by atoms with Gasteiger partial charge >= 0.3 is 0 Å². The van der Waals surface area contributed by atoms with E-state index in [2.05, 4.69) is 12.2 Å². The van der Waals surface area contributed by atoms with Crippen molar-refractivity contribution in [3.8, 4) is 11.3 Å². The van der Waals surface area contributed by atoms with Crippen LogP contribution in [0.4, 0.5) is 0 Å². The molecule has 1 atom stereocenters. The Balaban J connectivity index is 1.46. The standard InChI is InChI=1S/C32H34N4O2/c1-22(23-11-4-2-5-12-23)33-31(37)29-25-15-8-9-16-27(25)34-30(24-13-6-3-7-14-24)26(29)21-36-20-19-35-18-10-17-28(35)32(36)38/h3,6-10,13-18,22-23H,2,4-5,11-12,19-21H2,1H3,(H,33,37)/t22-/m0/s1. The van der Waals surface area contributed by atoms with E-state index >= 15 is 0 Å². The SMILES string of the molecule is C[C@H](NC(=O)c1c(CN2CCn3cccc3C2=O)c(-c2ccccc2)nc2ccccc12)C1CCCCC1. The van der Waals surface area contributed by atoms with Crippen LogP contribution in [0.1, 0.15) is 65.4 Å². The number of para-hydroxylation sites is 1. The third-order valence-corrected chi connectivity index (χ3v) is 8.28. The Kier molecular flexibility index (Phi) is 6.71. The van der Waals surface area contributed by atoms with Crippen LogP contribution in [0.15, 0.2) is 72.9 Å². The van der Waals surface area contributed by atoms with Crippen LogP contribution < -0.4 is 5.32 Å². The molecule has 0 unspecified atom stereocenters. The van der Waals surface area contributed by atoms with E-state index in [0.717, 1.165) is 47.1 Å². The Morgan fingerprint density at radius 2 is 1.74 bits per heavy atom. The van der Waals surface area contributed by atoms with E-state index in [1.54, 1.807) is 0 Å². The number of nitrogens with zero attached hydrogens (tertiary/aromatic N) is 3. The first-order valence-electron chi connectivity index (χ1n) is 13.8. The van der Waals surface area contributed by atoms with Crippen LogP contribution >= 0.6 is 0 Å². The molecule has 2 amide bonds. The molecule has 2 aromatic heterocycles. The summed E-state index contributed by atoms with van der Waals surface area (Å²) in [6.45, 7) is 3.78. The third kappa shape index (κ3) is 4.60.